The van der Waals surface area contributed by atoms with Crippen LogP contribution < -0.4 is 5.32 Å². The zero-order valence-corrected chi connectivity index (χ0v) is 9.46. The zero-order chi connectivity index (χ0) is 10.9. The standard InChI is InChI=1S/C10H19NO3/c1-6(2)10(7(3)4)8(12)11-9(13-5)14-10/h6-7,9H,1-5H3,(H,11,12). The summed E-state index contributed by atoms with van der Waals surface area (Å²) in [5, 5.41) is 2.67. The third-order valence-corrected chi connectivity index (χ3v) is 2.84. The summed E-state index contributed by atoms with van der Waals surface area (Å²) in [4.78, 5) is 11.8. The number of ether oxygens (including phenoxy) is 2. The molecule has 1 N–H and O–H groups in total. The predicted molar refractivity (Wildman–Crippen MR) is 52.4 cm³/mol. The summed E-state index contributed by atoms with van der Waals surface area (Å²) in [7, 11) is 1.52. The van der Waals surface area contributed by atoms with Crippen LogP contribution in [0.3, 0.4) is 0 Å². The van der Waals surface area contributed by atoms with E-state index in [2.05, 4.69) is 5.32 Å². The summed E-state index contributed by atoms with van der Waals surface area (Å²) in [5.74, 6) is 0.180. The second-order valence-electron chi connectivity index (χ2n) is 4.26. The second kappa shape index (κ2) is 3.87. The van der Waals surface area contributed by atoms with Crippen LogP contribution in [0.2, 0.25) is 0 Å². The Morgan fingerprint density at radius 1 is 1.36 bits per heavy atom. The molecule has 0 bridgehead atoms. The number of carbonyl (C=O) groups is 1. The molecule has 82 valence electrons. The Balaban J connectivity index is 2.94. The van der Waals surface area contributed by atoms with Crippen LogP contribution in [0.5, 0.6) is 0 Å². The van der Waals surface area contributed by atoms with Gasteiger partial charge in [-0.05, 0) is 11.8 Å². The molecule has 1 atom stereocenters. The molecule has 0 aromatic rings. The van der Waals surface area contributed by atoms with Gasteiger partial charge in [0.2, 0.25) is 6.41 Å². The number of carbonyl (C=O) groups excluding carboxylic acids is 1. The Morgan fingerprint density at radius 3 is 2.07 bits per heavy atom. The molecule has 0 saturated carbocycles. The van der Waals surface area contributed by atoms with Crippen molar-refractivity contribution < 1.29 is 14.3 Å². The van der Waals surface area contributed by atoms with E-state index in [-0.39, 0.29) is 17.7 Å². The molecule has 1 rings (SSSR count). The molecule has 1 aliphatic heterocycles. The molecular weight excluding hydrogens is 182 g/mol. The first kappa shape index (κ1) is 11.5. The Hall–Kier alpha value is -0.610. The van der Waals surface area contributed by atoms with E-state index < -0.39 is 12.0 Å². The lowest BCUT2D eigenvalue weighted by Crippen LogP contribution is -2.48. The number of hydrogen-bond donors (Lipinski definition) is 1. The van der Waals surface area contributed by atoms with E-state index >= 15 is 0 Å². The van der Waals surface area contributed by atoms with E-state index in [0.29, 0.717) is 0 Å². The number of rotatable bonds is 3. The molecule has 1 unspecified atom stereocenters. The van der Waals surface area contributed by atoms with E-state index in [4.69, 9.17) is 9.47 Å². The van der Waals surface area contributed by atoms with E-state index in [1.165, 1.54) is 7.11 Å². The third-order valence-electron chi connectivity index (χ3n) is 2.84. The van der Waals surface area contributed by atoms with Gasteiger partial charge in [-0.1, -0.05) is 27.7 Å². The van der Waals surface area contributed by atoms with Gasteiger partial charge in [0.15, 0.2) is 5.60 Å². The summed E-state index contributed by atoms with van der Waals surface area (Å²) in [6.45, 7) is 7.94. The Bertz CT molecular complexity index is 217. The molecule has 0 aromatic carbocycles. The average Bonchev–Trinajstić information content (AvgIpc) is 2.43. The van der Waals surface area contributed by atoms with Crippen LogP contribution in [0.15, 0.2) is 0 Å². The molecule has 4 heteroatoms. The van der Waals surface area contributed by atoms with E-state index in [1.54, 1.807) is 0 Å². The van der Waals surface area contributed by atoms with Gasteiger partial charge < -0.3 is 14.8 Å². The molecule has 1 amide bonds. The number of nitrogens with one attached hydrogen (secondary N) is 1. The highest BCUT2D eigenvalue weighted by molar-refractivity contribution is 5.87. The highest BCUT2D eigenvalue weighted by Crippen LogP contribution is 2.35. The van der Waals surface area contributed by atoms with Crippen LogP contribution in [0.4, 0.5) is 0 Å². The van der Waals surface area contributed by atoms with Crippen LogP contribution in [0.25, 0.3) is 0 Å². The van der Waals surface area contributed by atoms with Gasteiger partial charge in [-0.25, -0.2) is 0 Å². The van der Waals surface area contributed by atoms with Crippen molar-refractivity contribution in [1.82, 2.24) is 5.32 Å². The van der Waals surface area contributed by atoms with Crippen LogP contribution in [-0.2, 0) is 14.3 Å². The summed E-state index contributed by atoms with van der Waals surface area (Å²) >= 11 is 0. The summed E-state index contributed by atoms with van der Waals surface area (Å²) in [6.07, 6.45) is -0.604. The maximum Gasteiger partial charge on any atom is 0.256 e. The highest BCUT2D eigenvalue weighted by atomic mass is 16.7. The molecule has 1 heterocycles. The Kier molecular flexibility index (Phi) is 3.17. The Morgan fingerprint density at radius 2 is 1.86 bits per heavy atom. The van der Waals surface area contributed by atoms with Gasteiger partial charge in [-0.15, -0.1) is 0 Å². The average molecular weight is 201 g/mol. The minimum absolute atomic E-state index is 0.0747. The van der Waals surface area contributed by atoms with Crippen LogP contribution >= 0.6 is 0 Å². The minimum Gasteiger partial charge on any atom is -0.339 e. The quantitative estimate of drug-likeness (QED) is 0.744. The minimum atomic E-state index is -0.749. The van der Waals surface area contributed by atoms with Crippen molar-refractivity contribution in [2.45, 2.75) is 39.7 Å². The van der Waals surface area contributed by atoms with E-state index in [1.807, 2.05) is 27.7 Å². The van der Waals surface area contributed by atoms with Gasteiger partial charge in [0.1, 0.15) is 0 Å². The maximum absolute atomic E-state index is 11.8. The summed E-state index contributed by atoms with van der Waals surface area (Å²) in [5.41, 5.74) is -0.749. The number of hydrogen-bond acceptors (Lipinski definition) is 3. The molecular formula is C10H19NO3. The largest absolute Gasteiger partial charge is 0.339 e. The van der Waals surface area contributed by atoms with Crippen molar-refractivity contribution in [3.63, 3.8) is 0 Å². The molecule has 0 aromatic heterocycles. The third kappa shape index (κ3) is 1.53. The first-order valence-electron chi connectivity index (χ1n) is 4.96. The van der Waals surface area contributed by atoms with Crippen molar-refractivity contribution in [2.24, 2.45) is 11.8 Å². The zero-order valence-electron chi connectivity index (χ0n) is 9.46. The second-order valence-corrected chi connectivity index (χ2v) is 4.26. The lowest BCUT2D eigenvalue weighted by molar-refractivity contribution is -0.190. The lowest BCUT2D eigenvalue weighted by atomic mass is 9.80. The lowest BCUT2D eigenvalue weighted by Gasteiger charge is -2.33. The van der Waals surface area contributed by atoms with Gasteiger partial charge in [0, 0.05) is 7.11 Å². The predicted octanol–water partition coefficient (Wildman–Crippen LogP) is 1.11. The summed E-state index contributed by atoms with van der Waals surface area (Å²) in [6, 6.07) is 0. The molecule has 1 aliphatic rings. The highest BCUT2D eigenvalue weighted by Gasteiger charge is 2.52. The van der Waals surface area contributed by atoms with Crippen molar-refractivity contribution in [3.8, 4) is 0 Å². The van der Waals surface area contributed by atoms with Crippen LogP contribution in [0, 0.1) is 11.8 Å². The van der Waals surface area contributed by atoms with Crippen LogP contribution in [0.1, 0.15) is 27.7 Å². The van der Waals surface area contributed by atoms with Gasteiger partial charge in [0.05, 0.1) is 0 Å². The first-order valence-corrected chi connectivity index (χ1v) is 4.96. The monoisotopic (exact) mass is 201 g/mol. The molecule has 14 heavy (non-hydrogen) atoms. The molecule has 1 fully saturated rings. The molecule has 4 nitrogen and oxygen atoms in total. The van der Waals surface area contributed by atoms with Crippen molar-refractivity contribution in [2.75, 3.05) is 7.11 Å². The first-order chi connectivity index (χ1) is 6.45. The summed E-state index contributed by atoms with van der Waals surface area (Å²) < 4.78 is 10.6. The topological polar surface area (TPSA) is 47.6 Å². The smallest absolute Gasteiger partial charge is 0.256 e. The number of amides is 1. The van der Waals surface area contributed by atoms with Gasteiger partial charge in [0.25, 0.3) is 5.91 Å². The van der Waals surface area contributed by atoms with Gasteiger partial charge in [-0.2, -0.15) is 0 Å². The Labute approximate surface area is 85.0 Å². The maximum atomic E-state index is 11.8. The molecule has 1 saturated heterocycles. The molecule has 0 radical (unpaired) electrons. The SMILES string of the molecule is COC1NC(=O)C(C(C)C)(C(C)C)O1. The molecule has 0 spiro atoms. The van der Waals surface area contributed by atoms with Gasteiger partial charge in [-0.3, -0.25) is 4.79 Å². The van der Waals surface area contributed by atoms with Crippen molar-refractivity contribution >= 4 is 5.91 Å². The van der Waals surface area contributed by atoms with Crippen LogP contribution in [-0.4, -0.2) is 25.0 Å². The van der Waals surface area contributed by atoms with Crippen molar-refractivity contribution in [3.05, 3.63) is 0 Å². The fraction of sp³-hybridized carbons (Fsp3) is 0.900. The fourth-order valence-corrected chi connectivity index (χ4v) is 2.05. The normalized spacial score (nSPS) is 25.9. The molecule has 0 aliphatic carbocycles. The van der Waals surface area contributed by atoms with Gasteiger partial charge >= 0.3 is 0 Å². The number of methoxy groups -OCH3 is 1. The van der Waals surface area contributed by atoms with E-state index in [9.17, 15) is 4.79 Å². The van der Waals surface area contributed by atoms with Crippen molar-refractivity contribution in [1.29, 1.82) is 0 Å². The fourth-order valence-electron chi connectivity index (χ4n) is 2.05. The van der Waals surface area contributed by atoms with E-state index in [0.717, 1.165) is 0 Å².